The van der Waals surface area contributed by atoms with Gasteiger partial charge in [-0.05, 0) is 43.4 Å². The van der Waals surface area contributed by atoms with E-state index in [1.54, 1.807) is 12.1 Å². The van der Waals surface area contributed by atoms with Gasteiger partial charge in [0.05, 0.1) is 12.0 Å². The maximum atomic E-state index is 12.0. The van der Waals surface area contributed by atoms with Gasteiger partial charge in [0.25, 0.3) is 5.91 Å². The minimum Gasteiger partial charge on any atom is -0.477 e. The van der Waals surface area contributed by atoms with Crippen LogP contribution in [-0.2, 0) is 12.8 Å². The zero-order valence-corrected chi connectivity index (χ0v) is 11.5. The molecule has 1 amide bonds. The highest BCUT2D eigenvalue weighted by molar-refractivity contribution is 7.14. The summed E-state index contributed by atoms with van der Waals surface area (Å²) in [4.78, 5) is 24.7. The van der Waals surface area contributed by atoms with E-state index in [9.17, 15) is 14.7 Å². The molecule has 0 atom stereocenters. The molecule has 3 rings (SSSR count). The van der Waals surface area contributed by atoms with Crippen LogP contribution in [0.4, 0.5) is 5.69 Å². The Hall–Kier alpha value is -2.08. The number of carboxylic acid groups (broad SMARTS) is 1. The Morgan fingerprint density at radius 1 is 1.30 bits per heavy atom. The summed E-state index contributed by atoms with van der Waals surface area (Å²) in [7, 11) is 0. The van der Waals surface area contributed by atoms with Gasteiger partial charge >= 0.3 is 5.97 Å². The largest absolute Gasteiger partial charge is 0.477 e. The number of furan rings is 1. The zero-order chi connectivity index (χ0) is 14.1. The average molecular weight is 291 g/mol. The number of rotatable bonds is 3. The van der Waals surface area contributed by atoms with Crippen molar-refractivity contribution >= 4 is 28.9 Å². The average Bonchev–Trinajstić information content (AvgIpc) is 3.06. The summed E-state index contributed by atoms with van der Waals surface area (Å²) in [6.07, 6.45) is 5.20. The Morgan fingerprint density at radius 2 is 2.10 bits per heavy atom. The number of aryl methyl sites for hydroxylation is 1. The fourth-order valence-corrected chi connectivity index (χ4v) is 3.62. The number of amides is 1. The van der Waals surface area contributed by atoms with Crippen molar-refractivity contribution in [3.05, 3.63) is 39.5 Å². The first-order valence-corrected chi connectivity index (χ1v) is 7.21. The Labute approximate surface area is 119 Å². The van der Waals surface area contributed by atoms with E-state index in [0.717, 1.165) is 36.1 Å². The highest BCUT2D eigenvalue weighted by Crippen LogP contribution is 2.38. The Kier molecular flexibility index (Phi) is 3.31. The highest BCUT2D eigenvalue weighted by Gasteiger charge is 2.26. The van der Waals surface area contributed by atoms with Crippen molar-refractivity contribution in [1.82, 2.24) is 0 Å². The standard InChI is InChI=1S/C14H13NO4S/c16-13(9-5-3-7-19-9)15-11-8-4-1-2-6-10(8)20-12(11)14(17)18/h3,5,7H,1-2,4,6H2,(H,15,16)(H,17,18). The lowest BCUT2D eigenvalue weighted by Gasteiger charge is -2.13. The van der Waals surface area contributed by atoms with Gasteiger partial charge in [-0.2, -0.15) is 0 Å². The van der Waals surface area contributed by atoms with Crippen molar-refractivity contribution in [2.45, 2.75) is 25.7 Å². The number of fused-ring (bicyclic) bond motifs is 1. The summed E-state index contributed by atoms with van der Waals surface area (Å²) in [6, 6.07) is 3.17. The van der Waals surface area contributed by atoms with Gasteiger partial charge in [-0.25, -0.2) is 4.79 Å². The fourth-order valence-electron chi connectivity index (χ4n) is 2.43. The van der Waals surface area contributed by atoms with Crippen LogP contribution < -0.4 is 5.32 Å². The lowest BCUT2D eigenvalue weighted by Crippen LogP contribution is -2.14. The summed E-state index contributed by atoms with van der Waals surface area (Å²) in [5.41, 5.74) is 1.41. The number of thiophene rings is 1. The van der Waals surface area contributed by atoms with Gasteiger partial charge in [-0.3, -0.25) is 4.79 Å². The molecule has 1 aliphatic carbocycles. The molecule has 5 nitrogen and oxygen atoms in total. The molecule has 20 heavy (non-hydrogen) atoms. The van der Waals surface area contributed by atoms with Crippen LogP contribution in [0.2, 0.25) is 0 Å². The summed E-state index contributed by atoms with van der Waals surface area (Å²) in [6.45, 7) is 0. The monoisotopic (exact) mass is 291 g/mol. The van der Waals surface area contributed by atoms with E-state index >= 15 is 0 Å². The molecule has 0 fully saturated rings. The van der Waals surface area contributed by atoms with E-state index in [1.165, 1.54) is 17.6 Å². The van der Waals surface area contributed by atoms with Crippen molar-refractivity contribution in [2.75, 3.05) is 5.32 Å². The Morgan fingerprint density at radius 3 is 2.80 bits per heavy atom. The molecule has 0 spiro atoms. The van der Waals surface area contributed by atoms with Crippen LogP contribution in [-0.4, -0.2) is 17.0 Å². The smallest absolute Gasteiger partial charge is 0.348 e. The number of carboxylic acids is 1. The van der Waals surface area contributed by atoms with Gasteiger partial charge < -0.3 is 14.8 Å². The number of nitrogens with one attached hydrogen (secondary N) is 1. The molecule has 2 aromatic heterocycles. The molecule has 0 aliphatic heterocycles. The molecular formula is C14H13NO4S. The molecule has 0 unspecified atom stereocenters. The molecule has 0 bridgehead atoms. The first kappa shape index (κ1) is 12.9. The van der Waals surface area contributed by atoms with Crippen LogP contribution in [0.3, 0.4) is 0 Å². The second-order valence-corrected chi connectivity index (χ2v) is 5.76. The molecule has 2 N–H and O–H groups in total. The minimum absolute atomic E-state index is 0.178. The van der Waals surface area contributed by atoms with E-state index in [1.807, 2.05) is 0 Å². The van der Waals surface area contributed by atoms with E-state index in [2.05, 4.69) is 5.32 Å². The summed E-state index contributed by atoms with van der Waals surface area (Å²) in [5, 5.41) is 12.0. The Bertz CT molecular complexity index is 657. The van der Waals surface area contributed by atoms with Gasteiger partial charge in [-0.15, -0.1) is 11.3 Å². The number of hydrogen-bond acceptors (Lipinski definition) is 4. The summed E-state index contributed by atoms with van der Waals surface area (Å²) < 4.78 is 5.03. The van der Waals surface area contributed by atoms with Gasteiger partial charge in [0.2, 0.25) is 0 Å². The summed E-state index contributed by atoms with van der Waals surface area (Å²) >= 11 is 1.26. The quantitative estimate of drug-likeness (QED) is 0.910. The molecule has 1 aliphatic rings. The number of aromatic carboxylic acids is 1. The van der Waals surface area contributed by atoms with E-state index in [4.69, 9.17) is 4.42 Å². The number of carbonyl (C=O) groups excluding carboxylic acids is 1. The molecule has 104 valence electrons. The van der Waals surface area contributed by atoms with E-state index < -0.39 is 11.9 Å². The predicted molar refractivity (Wildman–Crippen MR) is 74.6 cm³/mol. The van der Waals surface area contributed by atoms with Crippen LogP contribution in [0.25, 0.3) is 0 Å². The minimum atomic E-state index is -1.00. The third kappa shape index (κ3) is 2.22. The van der Waals surface area contributed by atoms with Gasteiger partial charge in [0.15, 0.2) is 5.76 Å². The second-order valence-electron chi connectivity index (χ2n) is 4.65. The summed E-state index contributed by atoms with van der Waals surface area (Å²) in [5.74, 6) is -1.24. The van der Waals surface area contributed by atoms with Crippen LogP contribution in [0, 0.1) is 0 Å². The number of carbonyl (C=O) groups is 2. The normalized spacial score (nSPS) is 13.8. The molecule has 2 heterocycles. The van der Waals surface area contributed by atoms with Crippen LogP contribution in [0.5, 0.6) is 0 Å². The lowest BCUT2D eigenvalue weighted by atomic mass is 9.97. The predicted octanol–water partition coefficient (Wildman–Crippen LogP) is 3.17. The molecule has 6 heteroatoms. The van der Waals surface area contributed by atoms with Gasteiger partial charge in [0, 0.05) is 4.88 Å². The van der Waals surface area contributed by atoms with Crippen LogP contribution in [0.15, 0.2) is 22.8 Å². The fraction of sp³-hybridized carbons (Fsp3) is 0.286. The third-order valence-corrected chi connectivity index (χ3v) is 4.63. The zero-order valence-electron chi connectivity index (χ0n) is 10.6. The van der Waals surface area contributed by atoms with Crippen molar-refractivity contribution in [3.63, 3.8) is 0 Å². The van der Waals surface area contributed by atoms with Crippen molar-refractivity contribution in [2.24, 2.45) is 0 Å². The Balaban J connectivity index is 1.97. The molecule has 0 radical (unpaired) electrons. The van der Waals surface area contributed by atoms with E-state index in [-0.39, 0.29) is 10.6 Å². The molecule has 0 aromatic carbocycles. The lowest BCUT2D eigenvalue weighted by molar-refractivity contribution is 0.0703. The first-order valence-electron chi connectivity index (χ1n) is 6.39. The SMILES string of the molecule is O=C(Nc1c(C(=O)O)sc2c1CCCC2)c1ccco1. The van der Waals surface area contributed by atoms with Gasteiger partial charge in [0.1, 0.15) is 4.88 Å². The third-order valence-electron chi connectivity index (χ3n) is 3.35. The van der Waals surface area contributed by atoms with Crippen molar-refractivity contribution in [3.8, 4) is 0 Å². The number of anilines is 1. The van der Waals surface area contributed by atoms with Crippen LogP contribution >= 0.6 is 11.3 Å². The maximum absolute atomic E-state index is 12.0. The maximum Gasteiger partial charge on any atom is 0.348 e. The van der Waals surface area contributed by atoms with Crippen LogP contribution in [0.1, 0.15) is 43.5 Å². The van der Waals surface area contributed by atoms with E-state index in [0.29, 0.717) is 5.69 Å². The second kappa shape index (κ2) is 5.13. The van der Waals surface area contributed by atoms with Crippen molar-refractivity contribution in [1.29, 1.82) is 0 Å². The van der Waals surface area contributed by atoms with Crippen molar-refractivity contribution < 1.29 is 19.1 Å². The first-order chi connectivity index (χ1) is 9.66. The molecule has 2 aromatic rings. The molecular weight excluding hydrogens is 278 g/mol. The molecule has 0 saturated carbocycles. The highest BCUT2D eigenvalue weighted by atomic mass is 32.1. The number of hydrogen-bond donors (Lipinski definition) is 2. The molecule has 0 saturated heterocycles. The topological polar surface area (TPSA) is 79.5 Å². The van der Waals surface area contributed by atoms with Gasteiger partial charge in [-0.1, -0.05) is 0 Å².